The number of hydrogen-bond donors (Lipinski definition) is 1. The minimum atomic E-state index is 0.154. The van der Waals surface area contributed by atoms with E-state index in [9.17, 15) is 5.11 Å². The predicted molar refractivity (Wildman–Crippen MR) is 44.6 cm³/mol. The van der Waals surface area contributed by atoms with Gasteiger partial charge in [0.2, 0.25) is 5.88 Å². The lowest BCUT2D eigenvalue weighted by Crippen LogP contribution is -1.82. The minimum Gasteiger partial charge on any atom is -0.493 e. The van der Waals surface area contributed by atoms with Crippen LogP contribution in [-0.2, 0) is 0 Å². The van der Waals surface area contributed by atoms with E-state index >= 15 is 0 Å². The Hall–Kier alpha value is -1.03. The molecule has 2 aromatic rings. The Morgan fingerprint density at radius 1 is 1.55 bits per heavy atom. The van der Waals surface area contributed by atoms with Gasteiger partial charge in [-0.15, -0.1) is 0 Å². The molecule has 2 rings (SSSR count). The maximum absolute atomic E-state index is 9.22. The van der Waals surface area contributed by atoms with Crippen molar-refractivity contribution in [3.8, 4) is 5.88 Å². The molecule has 2 heterocycles. The number of halogens is 1. The van der Waals surface area contributed by atoms with Crippen LogP contribution in [0.3, 0.4) is 0 Å². The van der Waals surface area contributed by atoms with Crippen molar-refractivity contribution in [2.45, 2.75) is 0 Å². The molecule has 0 amide bonds. The molecule has 0 radical (unpaired) electrons. The van der Waals surface area contributed by atoms with Crippen LogP contribution in [-0.4, -0.2) is 14.5 Å². The number of hydrogen-bond acceptors (Lipinski definition) is 2. The Morgan fingerprint density at radius 3 is 3.09 bits per heavy atom. The monoisotopic (exact) mass is 212 g/mol. The van der Waals surface area contributed by atoms with Crippen molar-refractivity contribution in [3.63, 3.8) is 0 Å². The fourth-order valence-electron chi connectivity index (χ4n) is 0.964. The Balaban J connectivity index is 2.94. The normalized spacial score (nSPS) is 10.6. The molecule has 0 saturated heterocycles. The van der Waals surface area contributed by atoms with Crippen molar-refractivity contribution in [1.82, 2.24) is 9.38 Å². The lowest BCUT2D eigenvalue weighted by atomic mass is 10.5. The smallest absolute Gasteiger partial charge is 0.215 e. The van der Waals surface area contributed by atoms with Gasteiger partial charge in [-0.05, 0) is 28.1 Å². The van der Waals surface area contributed by atoms with Gasteiger partial charge in [0, 0.05) is 6.20 Å². The number of aromatic nitrogens is 2. The SMILES string of the molecule is Oc1cnc2c(Br)cccn12. The van der Waals surface area contributed by atoms with Crippen LogP contribution in [0, 0.1) is 0 Å². The van der Waals surface area contributed by atoms with Crippen LogP contribution in [0.1, 0.15) is 0 Å². The lowest BCUT2D eigenvalue weighted by molar-refractivity contribution is 0.448. The van der Waals surface area contributed by atoms with Crippen molar-refractivity contribution in [3.05, 3.63) is 29.0 Å². The molecule has 56 valence electrons. The quantitative estimate of drug-likeness (QED) is 0.724. The second kappa shape index (κ2) is 2.23. The molecule has 0 saturated carbocycles. The summed E-state index contributed by atoms with van der Waals surface area (Å²) in [6.45, 7) is 0. The molecule has 0 aliphatic heterocycles. The lowest BCUT2D eigenvalue weighted by Gasteiger charge is -1.94. The standard InChI is InChI=1S/C7H5BrN2O/c8-5-2-1-3-10-6(11)4-9-7(5)10/h1-4,11H. The molecule has 0 fully saturated rings. The highest BCUT2D eigenvalue weighted by Gasteiger charge is 2.01. The molecule has 0 aliphatic rings. The van der Waals surface area contributed by atoms with Crippen molar-refractivity contribution < 1.29 is 5.11 Å². The van der Waals surface area contributed by atoms with Crippen molar-refractivity contribution in [2.75, 3.05) is 0 Å². The van der Waals surface area contributed by atoms with Gasteiger partial charge in [0.15, 0.2) is 5.65 Å². The summed E-state index contributed by atoms with van der Waals surface area (Å²) in [4.78, 5) is 3.98. The predicted octanol–water partition coefficient (Wildman–Crippen LogP) is 1.80. The molecule has 3 nitrogen and oxygen atoms in total. The van der Waals surface area contributed by atoms with Gasteiger partial charge in [-0.1, -0.05) is 0 Å². The van der Waals surface area contributed by atoms with E-state index in [1.54, 1.807) is 10.6 Å². The molecule has 0 spiro atoms. The third kappa shape index (κ3) is 0.903. The highest BCUT2D eigenvalue weighted by atomic mass is 79.9. The molecular weight excluding hydrogens is 208 g/mol. The van der Waals surface area contributed by atoms with E-state index < -0.39 is 0 Å². The first-order chi connectivity index (χ1) is 5.29. The van der Waals surface area contributed by atoms with Gasteiger partial charge >= 0.3 is 0 Å². The molecular formula is C7H5BrN2O. The first-order valence-corrected chi connectivity index (χ1v) is 3.89. The van der Waals surface area contributed by atoms with E-state index in [1.165, 1.54) is 6.20 Å². The fourth-order valence-corrected chi connectivity index (χ4v) is 1.41. The summed E-state index contributed by atoms with van der Waals surface area (Å²) in [5.41, 5.74) is 0.727. The van der Waals surface area contributed by atoms with Crippen molar-refractivity contribution in [1.29, 1.82) is 0 Å². The molecule has 0 aliphatic carbocycles. The van der Waals surface area contributed by atoms with Crippen molar-refractivity contribution >= 4 is 21.6 Å². The van der Waals surface area contributed by atoms with E-state index in [0.717, 1.165) is 10.1 Å². The number of imidazole rings is 1. The minimum absolute atomic E-state index is 0.154. The summed E-state index contributed by atoms with van der Waals surface area (Å²) in [6.07, 6.45) is 3.17. The Bertz CT molecular complexity index is 396. The maximum Gasteiger partial charge on any atom is 0.215 e. The van der Waals surface area contributed by atoms with Crippen LogP contribution in [0.2, 0.25) is 0 Å². The Labute approximate surface area is 71.4 Å². The third-order valence-electron chi connectivity index (χ3n) is 1.47. The number of aromatic hydroxyl groups is 1. The van der Waals surface area contributed by atoms with E-state index in [-0.39, 0.29) is 5.88 Å². The van der Waals surface area contributed by atoms with Gasteiger partial charge in [-0.3, -0.25) is 4.40 Å². The summed E-state index contributed by atoms with van der Waals surface area (Å²) < 4.78 is 2.48. The first kappa shape index (κ1) is 6.67. The first-order valence-electron chi connectivity index (χ1n) is 3.09. The average molecular weight is 213 g/mol. The van der Waals surface area contributed by atoms with Gasteiger partial charge in [0.25, 0.3) is 0 Å². The zero-order valence-corrected chi connectivity index (χ0v) is 7.12. The van der Waals surface area contributed by atoms with Gasteiger partial charge in [-0.2, -0.15) is 0 Å². The summed E-state index contributed by atoms with van der Waals surface area (Å²) >= 11 is 3.32. The molecule has 1 N–H and O–H groups in total. The van der Waals surface area contributed by atoms with E-state index in [4.69, 9.17) is 0 Å². The molecule has 2 aromatic heterocycles. The van der Waals surface area contributed by atoms with Crippen LogP contribution >= 0.6 is 15.9 Å². The molecule has 4 heteroatoms. The Morgan fingerprint density at radius 2 is 2.36 bits per heavy atom. The number of fused-ring (bicyclic) bond motifs is 1. The molecule has 0 atom stereocenters. The zero-order chi connectivity index (χ0) is 7.84. The highest BCUT2D eigenvalue weighted by molar-refractivity contribution is 9.10. The summed E-state index contributed by atoms with van der Waals surface area (Å²) in [5, 5.41) is 9.22. The summed E-state index contributed by atoms with van der Waals surface area (Å²) in [6, 6.07) is 3.71. The van der Waals surface area contributed by atoms with E-state index in [2.05, 4.69) is 20.9 Å². The summed E-state index contributed by atoms with van der Waals surface area (Å²) in [7, 11) is 0. The fraction of sp³-hybridized carbons (Fsp3) is 0. The van der Waals surface area contributed by atoms with Gasteiger partial charge in [0.05, 0.1) is 10.7 Å². The number of rotatable bonds is 0. The Kier molecular flexibility index (Phi) is 1.35. The van der Waals surface area contributed by atoms with Gasteiger partial charge in [0.1, 0.15) is 0 Å². The zero-order valence-electron chi connectivity index (χ0n) is 5.53. The second-order valence-corrected chi connectivity index (χ2v) is 3.02. The maximum atomic E-state index is 9.22. The average Bonchev–Trinajstić information content (AvgIpc) is 2.35. The van der Waals surface area contributed by atoms with E-state index in [1.807, 2.05) is 12.1 Å². The van der Waals surface area contributed by atoms with Gasteiger partial charge < -0.3 is 5.11 Å². The van der Waals surface area contributed by atoms with Crippen LogP contribution < -0.4 is 0 Å². The topological polar surface area (TPSA) is 37.5 Å². The highest BCUT2D eigenvalue weighted by Crippen LogP contribution is 2.19. The van der Waals surface area contributed by atoms with Gasteiger partial charge in [-0.25, -0.2) is 4.98 Å². The number of pyridine rings is 1. The molecule has 0 aromatic carbocycles. The third-order valence-corrected chi connectivity index (χ3v) is 2.09. The largest absolute Gasteiger partial charge is 0.493 e. The molecule has 0 bridgehead atoms. The van der Waals surface area contributed by atoms with Crippen molar-refractivity contribution in [2.24, 2.45) is 0 Å². The van der Waals surface area contributed by atoms with Crippen LogP contribution in [0.5, 0.6) is 5.88 Å². The summed E-state index contributed by atoms with van der Waals surface area (Å²) in [5.74, 6) is 0.154. The second-order valence-electron chi connectivity index (χ2n) is 2.17. The van der Waals surface area contributed by atoms with Crippen LogP contribution in [0.25, 0.3) is 5.65 Å². The van der Waals surface area contributed by atoms with Crippen LogP contribution in [0.4, 0.5) is 0 Å². The molecule has 0 unspecified atom stereocenters. The van der Waals surface area contributed by atoms with E-state index in [0.29, 0.717) is 0 Å². The number of nitrogens with zero attached hydrogens (tertiary/aromatic N) is 2. The van der Waals surface area contributed by atoms with Crippen LogP contribution in [0.15, 0.2) is 29.0 Å². The molecule has 11 heavy (non-hydrogen) atoms.